The maximum absolute atomic E-state index is 8.96. The molecule has 6 nitrogen and oxygen atoms in total. The fourth-order valence-corrected chi connectivity index (χ4v) is 1.38. The first-order valence-corrected chi connectivity index (χ1v) is 5.32. The van der Waals surface area contributed by atoms with Gasteiger partial charge in [0, 0.05) is 6.21 Å². The molecule has 0 unspecified atom stereocenters. The number of halogens is 1. The summed E-state index contributed by atoms with van der Waals surface area (Å²) in [5.41, 5.74) is 1.97. The number of aliphatic imine (C=N–C) groups is 2. The zero-order chi connectivity index (χ0) is 12.0. The third-order valence-electron chi connectivity index (χ3n) is 1.62. The Morgan fingerprint density at radius 1 is 1.81 bits per heavy atom. The molecule has 7 heteroatoms. The van der Waals surface area contributed by atoms with Crippen molar-refractivity contribution in [2.24, 2.45) is 9.98 Å². The Kier molecular flexibility index (Phi) is 4.87. The molecule has 0 amide bonds. The first-order chi connectivity index (χ1) is 7.74. The van der Waals surface area contributed by atoms with E-state index in [1.165, 1.54) is 4.68 Å². The number of hydrogen-bond acceptors (Lipinski definition) is 4. The van der Waals surface area contributed by atoms with E-state index < -0.39 is 0 Å². The van der Waals surface area contributed by atoms with Crippen molar-refractivity contribution in [3.8, 4) is 0 Å². The van der Waals surface area contributed by atoms with Gasteiger partial charge in [0.1, 0.15) is 0 Å². The standard InChI is InChI=1S/C9H12BrN5O/c1-3-5-12-9(14-16)15-8(11-4-2)7(10)6-13-15/h3-4,6,16H,1,5H2,2H3,(H,12,14). The summed E-state index contributed by atoms with van der Waals surface area (Å²) in [5, 5.41) is 13.0. The summed E-state index contributed by atoms with van der Waals surface area (Å²) in [4.78, 5) is 8.14. The molecule has 0 aliphatic carbocycles. The van der Waals surface area contributed by atoms with Crippen LogP contribution in [0.15, 0.2) is 33.3 Å². The van der Waals surface area contributed by atoms with Gasteiger partial charge in [-0.3, -0.25) is 5.21 Å². The lowest BCUT2D eigenvalue weighted by atomic mass is 10.6. The van der Waals surface area contributed by atoms with Crippen LogP contribution in [0.4, 0.5) is 5.82 Å². The van der Waals surface area contributed by atoms with E-state index in [9.17, 15) is 0 Å². The van der Waals surface area contributed by atoms with Crippen molar-refractivity contribution in [3.63, 3.8) is 0 Å². The van der Waals surface area contributed by atoms with E-state index in [2.05, 4.69) is 37.6 Å². The Morgan fingerprint density at radius 3 is 3.12 bits per heavy atom. The van der Waals surface area contributed by atoms with Crippen molar-refractivity contribution in [3.05, 3.63) is 23.3 Å². The molecule has 1 aromatic heterocycles. The zero-order valence-electron chi connectivity index (χ0n) is 8.76. The summed E-state index contributed by atoms with van der Waals surface area (Å²) in [6.45, 7) is 5.70. The summed E-state index contributed by atoms with van der Waals surface area (Å²) in [5.74, 6) is 0.734. The molecular weight excluding hydrogens is 274 g/mol. The first kappa shape index (κ1) is 12.6. The van der Waals surface area contributed by atoms with Crippen LogP contribution in [0.3, 0.4) is 0 Å². The van der Waals surface area contributed by atoms with Crippen LogP contribution in [0, 0.1) is 0 Å². The summed E-state index contributed by atoms with van der Waals surface area (Å²) in [6, 6.07) is 0. The lowest BCUT2D eigenvalue weighted by molar-refractivity contribution is 0.229. The molecule has 0 bridgehead atoms. The van der Waals surface area contributed by atoms with Crippen LogP contribution in [0.5, 0.6) is 0 Å². The van der Waals surface area contributed by atoms with Crippen LogP contribution in [-0.4, -0.2) is 33.7 Å². The number of aromatic nitrogens is 2. The third-order valence-corrected chi connectivity index (χ3v) is 2.18. The van der Waals surface area contributed by atoms with Crippen LogP contribution in [0.1, 0.15) is 6.92 Å². The predicted molar refractivity (Wildman–Crippen MR) is 66.6 cm³/mol. The topological polar surface area (TPSA) is 74.8 Å². The van der Waals surface area contributed by atoms with E-state index in [1.54, 1.807) is 25.4 Å². The second-order valence-corrected chi connectivity index (χ2v) is 3.53. The third kappa shape index (κ3) is 2.77. The molecule has 0 aromatic carbocycles. The highest BCUT2D eigenvalue weighted by atomic mass is 79.9. The van der Waals surface area contributed by atoms with Gasteiger partial charge in [0.05, 0.1) is 17.2 Å². The number of hydroxylamine groups is 1. The molecule has 0 atom stereocenters. The number of nitrogens with one attached hydrogen (secondary N) is 1. The molecule has 86 valence electrons. The predicted octanol–water partition coefficient (Wildman–Crippen LogP) is 1.74. The summed E-state index contributed by atoms with van der Waals surface area (Å²) < 4.78 is 2.10. The molecule has 0 aliphatic heterocycles. The van der Waals surface area contributed by atoms with Gasteiger partial charge >= 0.3 is 0 Å². The van der Waals surface area contributed by atoms with Gasteiger partial charge < -0.3 is 0 Å². The molecule has 0 fully saturated rings. The highest BCUT2D eigenvalue weighted by molar-refractivity contribution is 9.10. The first-order valence-electron chi connectivity index (χ1n) is 4.52. The van der Waals surface area contributed by atoms with Crippen molar-refractivity contribution < 1.29 is 5.21 Å². The van der Waals surface area contributed by atoms with Crippen molar-refractivity contribution in [1.82, 2.24) is 15.3 Å². The van der Waals surface area contributed by atoms with Gasteiger partial charge in [-0.15, -0.1) is 6.58 Å². The largest absolute Gasteiger partial charge is 0.288 e. The lowest BCUT2D eigenvalue weighted by Gasteiger charge is -2.05. The quantitative estimate of drug-likeness (QED) is 0.384. The van der Waals surface area contributed by atoms with Crippen molar-refractivity contribution in [2.75, 3.05) is 6.54 Å². The number of hydrogen-bond donors (Lipinski definition) is 2. The zero-order valence-corrected chi connectivity index (χ0v) is 10.3. The van der Waals surface area contributed by atoms with Crippen LogP contribution in [-0.2, 0) is 0 Å². The molecule has 0 aliphatic rings. The summed E-state index contributed by atoms with van der Waals surface area (Å²) >= 11 is 3.30. The van der Waals surface area contributed by atoms with Gasteiger partial charge in [-0.25, -0.2) is 15.5 Å². The highest BCUT2D eigenvalue weighted by Crippen LogP contribution is 2.24. The summed E-state index contributed by atoms with van der Waals surface area (Å²) in [7, 11) is 0. The highest BCUT2D eigenvalue weighted by Gasteiger charge is 2.11. The van der Waals surface area contributed by atoms with Crippen molar-refractivity contribution >= 4 is 33.9 Å². The monoisotopic (exact) mass is 285 g/mol. The maximum Gasteiger partial charge on any atom is 0.245 e. The van der Waals surface area contributed by atoms with Gasteiger partial charge in [-0.05, 0) is 22.9 Å². The van der Waals surface area contributed by atoms with Gasteiger partial charge in [0.25, 0.3) is 0 Å². The molecule has 0 saturated heterocycles. The molecule has 1 heterocycles. The fourth-order valence-electron chi connectivity index (χ4n) is 1.02. The summed E-state index contributed by atoms with van der Waals surface area (Å²) in [6.07, 6.45) is 4.81. The van der Waals surface area contributed by atoms with Gasteiger partial charge in [0.2, 0.25) is 5.96 Å². The average molecular weight is 286 g/mol. The SMILES string of the molecule is C=CCN=C(NO)n1ncc(Br)c1N=CC. The van der Waals surface area contributed by atoms with E-state index in [0.29, 0.717) is 16.8 Å². The normalized spacial score (nSPS) is 12.1. The Hall–Kier alpha value is -1.47. The molecule has 1 aromatic rings. The van der Waals surface area contributed by atoms with Gasteiger partial charge in [-0.2, -0.15) is 9.78 Å². The average Bonchev–Trinajstić information content (AvgIpc) is 2.63. The van der Waals surface area contributed by atoms with E-state index in [-0.39, 0.29) is 5.96 Å². The number of rotatable bonds is 3. The van der Waals surface area contributed by atoms with Crippen LogP contribution < -0.4 is 5.48 Å². The minimum absolute atomic E-state index is 0.186. The Bertz CT molecular complexity index is 424. The van der Waals surface area contributed by atoms with Crippen LogP contribution >= 0.6 is 15.9 Å². The molecule has 0 radical (unpaired) electrons. The molecule has 0 saturated carbocycles. The van der Waals surface area contributed by atoms with Gasteiger partial charge in [-0.1, -0.05) is 6.08 Å². The van der Waals surface area contributed by atoms with Crippen LogP contribution in [0.2, 0.25) is 0 Å². The smallest absolute Gasteiger partial charge is 0.245 e. The molecular formula is C9H12BrN5O. The van der Waals surface area contributed by atoms with E-state index in [0.717, 1.165) is 0 Å². The lowest BCUT2D eigenvalue weighted by Crippen LogP contribution is -2.28. The van der Waals surface area contributed by atoms with E-state index in [4.69, 9.17) is 5.21 Å². The van der Waals surface area contributed by atoms with E-state index in [1.807, 2.05) is 5.48 Å². The molecule has 1 rings (SSSR count). The molecule has 2 N–H and O–H groups in total. The Morgan fingerprint density at radius 2 is 2.56 bits per heavy atom. The maximum atomic E-state index is 8.96. The van der Waals surface area contributed by atoms with Crippen molar-refractivity contribution in [1.29, 1.82) is 0 Å². The number of nitrogens with zero attached hydrogens (tertiary/aromatic N) is 4. The Labute approximate surface area is 101 Å². The van der Waals surface area contributed by atoms with E-state index >= 15 is 0 Å². The molecule has 16 heavy (non-hydrogen) atoms. The minimum atomic E-state index is 0.186. The fraction of sp³-hybridized carbons (Fsp3) is 0.222. The van der Waals surface area contributed by atoms with Gasteiger partial charge in [0.15, 0.2) is 5.82 Å². The van der Waals surface area contributed by atoms with Crippen LogP contribution in [0.25, 0.3) is 0 Å². The Balaban J connectivity index is 3.14. The second-order valence-electron chi connectivity index (χ2n) is 2.68. The molecule has 0 spiro atoms. The van der Waals surface area contributed by atoms with Crippen molar-refractivity contribution in [2.45, 2.75) is 6.92 Å². The minimum Gasteiger partial charge on any atom is -0.288 e. The second kappa shape index (κ2) is 6.19.